The van der Waals surface area contributed by atoms with E-state index in [9.17, 15) is 5.11 Å². The first kappa shape index (κ1) is 17.2. The average molecular weight is 392 g/mol. The summed E-state index contributed by atoms with van der Waals surface area (Å²) < 4.78 is 6.96. The molecule has 7 heteroatoms. The highest BCUT2D eigenvalue weighted by atomic mass is 32.1. The van der Waals surface area contributed by atoms with Crippen LogP contribution in [0.5, 0.6) is 11.6 Å². The van der Waals surface area contributed by atoms with Crippen LogP contribution in [0.3, 0.4) is 0 Å². The van der Waals surface area contributed by atoms with E-state index >= 15 is 0 Å². The van der Waals surface area contributed by atoms with Gasteiger partial charge >= 0.3 is 0 Å². The minimum Gasteiger partial charge on any atom is -0.497 e. The molecule has 3 heterocycles. The van der Waals surface area contributed by atoms with E-state index in [1.54, 1.807) is 7.11 Å². The summed E-state index contributed by atoms with van der Waals surface area (Å²) in [5.41, 5.74) is 3.81. The number of rotatable bonds is 4. The smallest absolute Gasteiger partial charge is 0.230 e. The second-order valence-corrected chi connectivity index (χ2v) is 7.92. The standard InChI is InChI=1S/C21H20N4O2S/c1-27-17-8-4-7-15(11-17)18(19-20(26)25-21(28-19)22-13-23-25)24-10-9-14-5-2-3-6-16(14)12-24/h2-8,11,13,18,26H,9-10,12H2,1H3/t18-/m1/s1. The van der Waals surface area contributed by atoms with Gasteiger partial charge in [-0.25, -0.2) is 4.98 Å². The maximum absolute atomic E-state index is 10.9. The minimum absolute atomic E-state index is 0.100. The molecular formula is C21H20N4O2S. The maximum atomic E-state index is 10.9. The van der Waals surface area contributed by atoms with Crippen LogP contribution < -0.4 is 4.74 Å². The van der Waals surface area contributed by atoms with Gasteiger partial charge in [-0.05, 0) is 35.2 Å². The van der Waals surface area contributed by atoms with Gasteiger partial charge in [0.15, 0.2) is 0 Å². The number of ether oxygens (including phenoxy) is 1. The number of methoxy groups -OCH3 is 1. The van der Waals surface area contributed by atoms with Crippen LogP contribution in [-0.2, 0) is 13.0 Å². The molecule has 0 radical (unpaired) electrons. The third kappa shape index (κ3) is 2.83. The lowest BCUT2D eigenvalue weighted by Crippen LogP contribution is -2.34. The van der Waals surface area contributed by atoms with Crippen LogP contribution in [0, 0.1) is 0 Å². The van der Waals surface area contributed by atoms with Crippen LogP contribution in [0.2, 0.25) is 0 Å². The Labute approximate surface area is 166 Å². The maximum Gasteiger partial charge on any atom is 0.230 e. The molecule has 0 amide bonds. The van der Waals surface area contributed by atoms with E-state index in [0.717, 1.165) is 35.7 Å². The first-order valence-electron chi connectivity index (χ1n) is 9.21. The number of aromatic nitrogens is 3. The third-order valence-corrected chi connectivity index (χ3v) is 6.41. The Morgan fingerprint density at radius 2 is 2.00 bits per heavy atom. The van der Waals surface area contributed by atoms with Gasteiger partial charge in [-0.2, -0.15) is 9.61 Å². The van der Waals surface area contributed by atoms with Gasteiger partial charge in [-0.15, -0.1) is 0 Å². The number of hydrogen-bond acceptors (Lipinski definition) is 6. The first-order chi connectivity index (χ1) is 13.7. The highest BCUT2D eigenvalue weighted by molar-refractivity contribution is 7.17. The Morgan fingerprint density at radius 3 is 2.82 bits per heavy atom. The van der Waals surface area contributed by atoms with Crippen molar-refractivity contribution in [3.63, 3.8) is 0 Å². The molecule has 5 rings (SSSR count). The van der Waals surface area contributed by atoms with Crippen molar-refractivity contribution in [2.75, 3.05) is 13.7 Å². The highest BCUT2D eigenvalue weighted by Gasteiger charge is 2.31. The summed E-state index contributed by atoms with van der Waals surface area (Å²) in [6.45, 7) is 1.73. The molecule has 0 saturated carbocycles. The van der Waals surface area contributed by atoms with Crippen molar-refractivity contribution in [2.24, 2.45) is 0 Å². The molecule has 4 aromatic rings. The third-order valence-electron chi connectivity index (χ3n) is 5.32. The van der Waals surface area contributed by atoms with E-state index < -0.39 is 0 Å². The quantitative estimate of drug-likeness (QED) is 0.574. The molecule has 6 nitrogen and oxygen atoms in total. The summed E-state index contributed by atoms with van der Waals surface area (Å²) in [6, 6.07) is 16.5. The Kier molecular flexibility index (Phi) is 4.26. The SMILES string of the molecule is COc1cccc([C@H](c2sc3ncnn3c2O)N2CCc3ccccc3C2)c1. The predicted octanol–water partition coefficient (Wildman–Crippen LogP) is 3.65. The molecule has 0 unspecified atom stereocenters. The van der Waals surface area contributed by atoms with Crippen LogP contribution in [0.1, 0.15) is 27.6 Å². The fourth-order valence-electron chi connectivity index (χ4n) is 3.95. The van der Waals surface area contributed by atoms with Crippen molar-refractivity contribution >= 4 is 16.3 Å². The van der Waals surface area contributed by atoms with Gasteiger partial charge in [0.25, 0.3) is 0 Å². The molecule has 0 saturated heterocycles. The average Bonchev–Trinajstić information content (AvgIpc) is 3.32. The lowest BCUT2D eigenvalue weighted by molar-refractivity contribution is 0.205. The normalized spacial score (nSPS) is 15.5. The van der Waals surface area contributed by atoms with Gasteiger partial charge < -0.3 is 9.84 Å². The summed E-state index contributed by atoms with van der Waals surface area (Å²) in [7, 11) is 1.67. The molecule has 0 bridgehead atoms. The molecule has 1 atom stereocenters. The topological polar surface area (TPSA) is 62.9 Å². The second kappa shape index (κ2) is 6.92. The molecule has 0 spiro atoms. The number of thiazole rings is 1. The fourth-order valence-corrected chi connectivity index (χ4v) is 5.04. The van der Waals surface area contributed by atoms with Crippen LogP contribution in [0.25, 0.3) is 4.96 Å². The zero-order valence-corrected chi connectivity index (χ0v) is 16.3. The van der Waals surface area contributed by atoms with E-state index in [1.807, 2.05) is 18.2 Å². The second-order valence-electron chi connectivity index (χ2n) is 6.91. The summed E-state index contributed by atoms with van der Waals surface area (Å²) in [5, 5.41) is 15.0. The summed E-state index contributed by atoms with van der Waals surface area (Å²) in [5.74, 6) is 0.961. The predicted molar refractivity (Wildman–Crippen MR) is 108 cm³/mol. The summed E-state index contributed by atoms with van der Waals surface area (Å²) >= 11 is 1.48. The van der Waals surface area contributed by atoms with Gasteiger partial charge in [0.2, 0.25) is 10.8 Å². The van der Waals surface area contributed by atoms with E-state index in [0.29, 0.717) is 4.96 Å². The van der Waals surface area contributed by atoms with E-state index in [-0.39, 0.29) is 11.9 Å². The Hall–Kier alpha value is -2.90. The van der Waals surface area contributed by atoms with Gasteiger partial charge in [0.05, 0.1) is 18.0 Å². The lowest BCUT2D eigenvalue weighted by Gasteiger charge is -2.35. The van der Waals surface area contributed by atoms with Gasteiger partial charge in [-0.3, -0.25) is 4.90 Å². The summed E-state index contributed by atoms with van der Waals surface area (Å²) in [6.07, 6.45) is 2.45. The lowest BCUT2D eigenvalue weighted by atomic mass is 9.95. The van der Waals surface area contributed by atoms with E-state index in [4.69, 9.17) is 4.74 Å². The molecule has 0 aliphatic carbocycles. The van der Waals surface area contributed by atoms with Crippen molar-refractivity contribution in [3.05, 3.63) is 76.4 Å². The molecular weight excluding hydrogens is 372 g/mol. The van der Waals surface area contributed by atoms with Crippen molar-refractivity contribution in [3.8, 4) is 11.6 Å². The molecule has 0 fully saturated rings. The van der Waals surface area contributed by atoms with Gasteiger partial charge in [0.1, 0.15) is 12.1 Å². The minimum atomic E-state index is -0.100. The Balaban J connectivity index is 1.62. The Morgan fingerprint density at radius 1 is 1.14 bits per heavy atom. The number of nitrogens with zero attached hydrogens (tertiary/aromatic N) is 4. The Bertz CT molecular complexity index is 1140. The first-order valence-corrected chi connectivity index (χ1v) is 10.0. The molecule has 1 aliphatic heterocycles. The number of hydrogen-bond donors (Lipinski definition) is 1. The van der Waals surface area contributed by atoms with Crippen molar-refractivity contribution in [1.29, 1.82) is 0 Å². The van der Waals surface area contributed by atoms with Gasteiger partial charge in [0, 0.05) is 13.1 Å². The number of fused-ring (bicyclic) bond motifs is 2. The van der Waals surface area contributed by atoms with E-state index in [1.165, 1.54) is 33.3 Å². The van der Waals surface area contributed by atoms with Crippen LogP contribution in [-0.4, -0.2) is 38.3 Å². The van der Waals surface area contributed by atoms with Crippen molar-refractivity contribution in [2.45, 2.75) is 19.0 Å². The molecule has 1 N–H and O–H groups in total. The number of benzene rings is 2. The molecule has 2 aromatic carbocycles. The molecule has 2 aromatic heterocycles. The van der Waals surface area contributed by atoms with Gasteiger partial charge in [-0.1, -0.05) is 47.7 Å². The summed E-state index contributed by atoms with van der Waals surface area (Å²) in [4.78, 5) is 8.21. The van der Waals surface area contributed by atoms with Crippen LogP contribution >= 0.6 is 11.3 Å². The monoisotopic (exact) mass is 392 g/mol. The fraction of sp³-hybridized carbons (Fsp3) is 0.238. The zero-order valence-electron chi connectivity index (χ0n) is 15.4. The van der Waals surface area contributed by atoms with E-state index in [2.05, 4.69) is 45.3 Å². The highest BCUT2D eigenvalue weighted by Crippen LogP contribution is 2.42. The van der Waals surface area contributed by atoms with Crippen molar-refractivity contribution < 1.29 is 9.84 Å². The zero-order chi connectivity index (χ0) is 19.1. The molecule has 142 valence electrons. The largest absolute Gasteiger partial charge is 0.497 e. The molecule has 1 aliphatic rings. The van der Waals surface area contributed by atoms with Crippen molar-refractivity contribution in [1.82, 2.24) is 19.5 Å². The van der Waals surface area contributed by atoms with Crippen LogP contribution in [0.15, 0.2) is 54.9 Å². The number of aromatic hydroxyl groups is 1. The molecule has 28 heavy (non-hydrogen) atoms. The van der Waals surface area contributed by atoms with Crippen LogP contribution in [0.4, 0.5) is 0 Å².